The fourth-order valence-corrected chi connectivity index (χ4v) is 0.636. The van der Waals surface area contributed by atoms with E-state index in [2.05, 4.69) is 6.58 Å². The maximum atomic E-state index is 10.9. The molecule has 66 valence electrons. The average Bonchev–Trinajstić information content (AvgIpc) is 2.04. The first-order valence-electron chi connectivity index (χ1n) is 3.17. The molecule has 0 aromatic rings. The Morgan fingerprint density at radius 2 is 2.17 bits per heavy atom. The summed E-state index contributed by atoms with van der Waals surface area (Å²) in [5.74, 6) is -0.537. The SMILES string of the molecule is C=C(N)/C=C\C(=C/O)C(=O)CCl. The molecule has 0 saturated heterocycles. The summed E-state index contributed by atoms with van der Waals surface area (Å²) in [5.41, 5.74) is 5.61. The number of aliphatic hydroxyl groups is 1. The van der Waals surface area contributed by atoms with Gasteiger partial charge in [0.2, 0.25) is 0 Å². The molecule has 12 heavy (non-hydrogen) atoms. The zero-order valence-corrected chi connectivity index (χ0v) is 7.21. The second-order valence-corrected chi connectivity index (χ2v) is 2.32. The molecule has 0 unspecified atom stereocenters. The van der Waals surface area contributed by atoms with Gasteiger partial charge in [0.1, 0.15) is 0 Å². The van der Waals surface area contributed by atoms with E-state index < -0.39 is 0 Å². The Bertz CT molecular complexity index is 243. The van der Waals surface area contributed by atoms with Gasteiger partial charge in [-0.2, -0.15) is 0 Å². The van der Waals surface area contributed by atoms with E-state index in [1.165, 1.54) is 12.2 Å². The summed E-state index contributed by atoms with van der Waals surface area (Å²) in [5, 5.41) is 8.58. The molecule has 4 heteroatoms. The summed E-state index contributed by atoms with van der Waals surface area (Å²) in [6, 6.07) is 0. The Morgan fingerprint density at radius 1 is 1.58 bits per heavy atom. The maximum Gasteiger partial charge on any atom is 0.180 e. The van der Waals surface area contributed by atoms with Crippen LogP contribution >= 0.6 is 11.6 Å². The van der Waals surface area contributed by atoms with Crippen molar-refractivity contribution in [3.05, 3.63) is 36.3 Å². The van der Waals surface area contributed by atoms with E-state index in [4.69, 9.17) is 22.4 Å². The number of nitrogens with two attached hydrogens (primary N) is 1. The largest absolute Gasteiger partial charge is 0.515 e. The normalized spacial score (nSPS) is 11.9. The van der Waals surface area contributed by atoms with Crippen molar-refractivity contribution in [1.29, 1.82) is 0 Å². The molecule has 0 spiro atoms. The van der Waals surface area contributed by atoms with Crippen LogP contribution in [0.2, 0.25) is 0 Å². The number of ketones is 1. The fourth-order valence-electron chi connectivity index (χ4n) is 0.482. The van der Waals surface area contributed by atoms with Crippen molar-refractivity contribution in [2.75, 3.05) is 5.88 Å². The highest BCUT2D eigenvalue weighted by Crippen LogP contribution is 2.00. The third-order valence-electron chi connectivity index (χ3n) is 1.06. The molecule has 0 radical (unpaired) electrons. The van der Waals surface area contributed by atoms with Gasteiger partial charge >= 0.3 is 0 Å². The summed E-state index contributed by atoms with van der Waals surface area (Å²) in [6.07, 6.45) is 3.45. The topological polar surface area (TPSA) is 63.3 Å². The van der Waals surface area contributed by atoms with E-state index in [0.29, 0.717) is 12.0 Å². The Hall–Kier alpha value is -1.22. The first-order valence-corrected chi connectivity index (χ1v) is 3.71. The van der Waals surface area contributed by atoms with Crippen LogP contribution in [0.15, 0.2) is 36.3 Å². The van der Waals surface area contributed by atoms with Crippen LogP contribution in [0, 0.1) is 0 Å². The molecule has 0 aliphatic heterocycles. The molecular formula is C8H10ClNO2. The lowest BCUT2D eigenvalue weighted by Gasteiger charge is -1.94. The van der Waals surface area contributed by atoms with Crippen LogP contribution in [0.4, 0.5) is 0 Å². The molecule has 0 aliphatic rings. The first-order chi connectivity index (χ1) is 5.61. The van der Waals surface area contributed by atoms with Gasteiger partial charge in [0.15, 0.2) is 5.78 Å². The zero-order valence-electron chi connectivity index (χ0n) is 6.46. The van der Waals surface area contributed by atoms with Crippen molar-refractivity contribution in [3.8, 4) is 0 Å². The van der Waals surface area contributed by atoms with E-state index in [-0.39, 0.29) is 17.2 Å². The summed E-state index contributed by atoms with van der Waals surface area (Å²) in [6.45, 7) is 3.38. The summed E-state index contributed by atoms with van der Waals surface area (Å²) >= 11 is 5.25. The van der Waals surface area contributed by atoms with E-state index in [9.17, 15) is 4.79 Å². The van der Waals surface area contributed by atoms with Crippen LogP contribution in [0.3, 0.4) is 0 Å². The van der Waals surface area contributed by atoms with Gasteiger partial charge in [-0.05, 0) is 12.2 Å². The number of carbonyl (C=O) groups excluding carboxylic acids is 1. The number of halogens is 1. The number of Topliss-reactive ketones (excluding diaryl/α,β-unsaturated/α-hetero) is 1. The Kier molecular flexibility index (Phi) is 4.88. The molecule has 3 N–H and O–H groups in total. The third kappa shape index (κ3) is 3.83. The molecule has 0 aliphatic carbocycles. The first kappa shape index (κ1) is 10.8. The standard InChI is InChI=1S/C8H10ClNO2/c1-6(10)2-3-7(5-11)8(12)4-9/h2-3,5,11H,1,4,10H2/b3-2-,7-5+. The molecule has 0 aromatic carbocycles. The fraction of sp³-hybridized carbons (Fsp3) is 0.125. The molecule has 0 amide bonds. The number of aliphatic hydroxyl groups excluding tert-OH is 1. The molecule has 0 heterocycles. The number of alkyl halides is 1. The monoisotopic (exact) mass is 187 g/mol. The van der Waals surface area contributed by atoms with Crippen molar-refractivity contribution in [3.63, 3.8) is 0 Å². The Labute approximate surface area is 75.8 Å². The van der Waals surface area contributed by atoms with Crippen LogP contribution in [0.25, 0.3) is 0 Å². The van der Waals surface area contributed by atoms with Crippen molar-refractivity contribution in [1.82, 2.24) is 0 Å². The number of hydrogen-bond acceptors (Lipinski definition) is 3. The van der Waals surface area contributed by atoms with Gasteiger partial charge in [-0.1, -0.05) is 6.58 Å². The van der Waals surface area contributed by atoms with Gasteiger partial charge in [-0.3, -0.25) is 4.79 Å². The minimum Gasteiger partial charge on any atom is -0.515 e. The van der Waals surface area contributed by atoms with E-state index >= 15 is 0 Å². The van der Waals surface area contributed by atoms with Crippen molar-refractivity contribution < 1.29 is 9.90 Å². The Balaban J connectivity index is 4.40. The summed E-state index contributed by atoms with van der Waals surface area (Å²) < 4.78 is 0. The lowest BCUT2D eigenvalue weighted by molar-refractivity contribution is -0.113. The van der Waals surface area contributed by atoms with E-state index in [1.807, 2.05) is 0 Å². The molecule has 0 saturated carbocycles. The molecule has 0 fully saturated rings. The van der Waals surface area contributed by atoms with Gasteiger partial charge in [0.05, 0.1) is 17.7 Å². The zero-order chi connectivity index (χ0) is 9.56. The van der Waals surface area contributed by atoms with Crippen LogP contribution in [-0.4, -0.2) is 16.8 Å². The number of rotatable bonds is 4. The summed E-state index contributed by atoms with van der Waals surface area (Å²) in [4.78, 5) is 10.9. The van der Waals surface area contributed by atoms with Gasteiger partial charge in [0, 0.05) is 5.70 Å². The van der Waals surface area contributed by atoms with Crippen molar-refractivity contribution in [2.45, 2.75) is 0 Å². The second kappa shape index (κ2) is 5.43. The lowest BCUT2D eigenvalue weighted by atomic mass is 10.2. The van der Waals surface area contributed by atoms with Gasteiger partial charge in [-0.15, -0.1) is 11.6 Å². The predicted molar refractivity (Wildman–Crippen MR) is 48.9 cm³/mol. The van der Waals surface area contributed by atoms with Crippen LogP contribution in [0.1, 0.15) is 0 Å². The minimum atomic E-state index is -0.364. The van der Waals surface area contributed by atoms with Gasteiger partial charge in [-0.25, -0.2) is 0 Å². The molecule has 0 rings (SSSR count). The summed E-state index contributed by atoms with van der Waals surface area (Å²) in [7, 11) is 0. The average molecular weight is 188 g/mol. The quantitative estimate of drug-likeness (QED) is 0.302. The predicted octanol–water partition coefficient (Wildman–Crippen LogP) is 1.26. The third-order valence-corrected chi connectivity index (χ3v) is 1.30. The van der Waals surface area contributed by atoms with E-state index in [0.717, 1.165) is 0 Å². The molecule has 0 atom stereocenters. The minimum absolute atomic E-state index is 0.108. The highest BCUT2D eigenvalue weighted by atomic mass is 35.5. The highest BCUT2D eigenvalue weighted by molar-refractivity contribution is 6.30. The van der Waals surface area contributed by atoms with E-state index in [1.54, 1.807) is 0 Å². The number of allylic oxidation sites excluding steroid dienone is 3. The van der Waals surface area contributed by atoms with Crippen LogP contribution < -0.4 is 5.73 Å². The van der Waals surface area contributed by atoms with Gasteiger partial charge < -0.3 is 10.8 Å². The molecule has 0 bridgehead atoms. The van der Waals surface area contributed by atoms with Crippen LogP contribution in [0.5, 0.6) is 0 Å². The van der Waals surface area contributed by atoms with Crippen molar-refractivity contribution >= 4 is 17.4 Å². The van der Waals surface area contributed by atoms with Gasteiger partial charge in [0.25, 0.3) is 0 Å². The molecular weight excluding hydrogens is 178 g/mol. The smallest absolute Gasteiger partial charge is 0.180 e. The lowest BCUT2D eigenvalue weighted by Crippen LogP contribution is -2.02. The maximum absolute atomic E-state index is 10.9. The Morgan fingerprint density at radius 3 is 2.50 bits per heavy atom. The van der Waals surface area contributed by atoms with Crippen LogP contribution in [-0.2, 0) is 4.79 Å². The number of hydrogen-bond donors (Lipinski definition) is 2. The highest BCUT2D eigenvalue weighted by Gasteiger charge is 2.03. The number of carbonyl (C=O) groups is 1. The molecule has 0 aromatic heterocycles. The second-order valence-electron chi connectivity index (χ2n) is 2.05. The molecule has 3 nitrogen and oxygen atoms in total. The van der Waals surface area contributed by atoms with Crippen molar-refractivity contribution in [2.24, 2.45) is 5.73 Å².